The molecule has 2 atom stereocenters. The molecule has 2 aromatic rings. The van der Waals surface area contributed by atoms with Crippen LogP contribution in [-0.4, -0.2) is 50.2 Å². The summed E-state index contributed by atoms with van der Waals surface area (Å²) >= 11 is 3.56. The van der Waals surface area contributed by atoms with E-state index in [1.54, 1.807) is 52.0 Å². The van der Waals surface area contributed by atoms with Crippen molar-refractivity contribution in [2.75, 3.05) is 13.2 Å². The molecule has 0 unspecified atom stereocenters. The lowest BCUT2D eigenvalue weighted by molar-refractivity contribution is -0.145. The normalized spacial score (nSPS) is 13.2. The van der Waals surface area contributed by atoms with Crippen LogP contribution in [0.1, 0.15) is 58.6 Å². The van der Waals surface area contributed by atoms with Gasteiger partial charge in [0, 0.05) is 5.56 Å². The van der Waals surface area contributed by atoms with Gasteiger partial charge >= 0.3 is 11.9 Å². The van der Waals surface area contributed by atoms with Crippen LogP contribution in [0, 0.1) is 0 Å². The Hall–Kier alpha value is -2.33. The van der Waals surface area contributed by atoms with Crippen molar-refractivity contribution >= 4 is 48.6 Å². The van der Waals surface area contributed by atoms with Gasteiger partial charge in [-0.2, -0.15) is 0 Å². The molecule has 0 heterocycles. The summed E-state index contributed by atoms with van der Waals surface area (Å²) in [4.78, 5) is 24.5. The van der Waals surface area contributed by atoms with E-state index in [2.05, 4.69) is 26.1 Å². The molecule has 0 bridgehead atoms. The van der Waals surface area contributed by atoms with Gasteiger partial charge in [0.05, 0.1) is 23.8 Å². The van der Waals surface area contributed by atoms with E-state index in [1.807, 2.05) is 27.8 Å². The first-order chi connectivity index (χ1) is 17.8. The molecule has 0 spiro atoms. The Bertz CT molecular complexity index is 1140. The summed E-state index contributed by atoms with van der Waals surface area (Å²) < 4.78 is 30.9. The number of hydrogen-bond donors (Lipinski definition) is 3. The standard InChI is InChI=1S/C26H37BBrN2O7P/c1-7-35-25(32)16(5)29-38(34,30-17(6)26(33)36-8-2)14-18-11-21(27)24(22(28)12-18)37-19-9-10-23(31)20(13-19)15(3)4/h9-13,15-17,31H,7-8,14,27H2,1-6H3,(H2,29,30,34)/t16-,17-/m0/s1. The number of rotatable bonds is 13. The monoisotopic (exact) mass is 610 g/mol. The number of aromatic hydroxyl groups is 1. The van der Waals surface area contributed by atoms with Gasteiger partial charge in [-0.3, -0.25) is 14.2 Å². The molecule has 0 aliphatic heterocycles. The number of hydrogen-bond acceptors (Lipinski definition) is 7. The molecule has 0 aromatic heterocycles. The fraction of sp³-hybridized carbons (Fsp3) is 0.462. The van der Waals surface area contributed by atoms with Gasteiger partial charge in [-0.1, -0.05) is 19.9 Å². The fourth-order valence-corrected chi connectivity index (χ4v) is 6.95. The van der Waals surface area contributed by atoms with E-state index in [4.69, 9.17) is 14.2 Å². The first-order valence-electron chi connectivity index (χ1n) is 12.6. The highest BCUT2D eigenvalue weighted by Crippen LogP contribution is 2.43. The third-order valence-corrected chi connectivity index (χ3v) is 8.63. The minimum absolute atomic E-state index is 0.00306. The maximum Gasteiger partial charge on any atom is 0.323 e. The third-order valence-electron chi connectivity index (χ3n) is 5.62. The molecular formula is C26H37BBrN2O7P. The maximum atomic E-state index is 14.0. The van der Waals surface area contributed by atoms with E-state index in [9.17, 15) is 19.3 Å². The van der Waals surface area contributed by atoms with E-state index in [0.29, 0.717) is 21.5 Å². The maximum absolute atomic E-state index is 14.0. The van der Waals surface area contributed by atoms with E-state index in [1.165, 1.54) is 0 Å². The van der Waals surface area contributed by atoms with Crippen LogP contribution in [0.15, 0.2) is 34.8 Å². The average molecular weight is 611 g/mol. The van der Waals surface area contributed by atoms with Crippen molar-refractivity contribution in [1.29, 1.82) is 0 Å². The lowest BCUT2D eigenvalue weighted by Gasteiger charge is -2.27. The molecule has 2 aromatic carbocycles. The molecule has 0 saturated carbocycles. The van der Waals surface area contributed by atoms with Crippen LogP contribution in [0.3, 0.4) is 0 Å². The van der Waals surface area contributed by atoms with E-state index in [-0.39, 0.29) is 31.0 Å². The second-order valence-corrected chi connectivity index (χ2v) is 12.5. The lowest BCUT2D eigenvalue weighted by Crippen LogP contribution is -2.42. The SMILES string of the molecule is Bc1cc(CP(=O)(N[C@@H](C)C(=O)OCC)N[C@@H](C)C(=O)OCC)cc(Br)c1Oc1ccc(O)c(C(C)C)c1. The molecule has 0 amide bonds. The predicted octanol–water partition coefficient (Wildman–Crippen LogP) is 4.10. The molecule has 12 heteroatoms. The zero-order valence-electron chi connectivity index (χ0n) is 23.0. The molecule has 3 N–H and O–H groups in total. The van der Waals surface area contributed by atoms with Crippen molar-refractivity contribution in [3.63, 3.8) is 0 Å². The first-order valence-corrected chi connectivity index (χ1v) is 15.3. The molecule has 0 aliphatic carbocycles. The number of halogens is 1. The highest BCUT2D eigenvalue weighted by Gasteiger charge is 2.32. The van der Waals surface area contributed by atoms with Crippen LogP contribution < -0.4 is 20.4 Å². The van der Waals surface area contributed by atoms with Gasteiger partial charge in [0.2, 0.25) is 7.44 Å². The summed E-state index contributed by atoms with van der Waals surface area (Å²) in [6, 6.07) is 6.96. The van der Waals surface area contributed by atoms with Gasteiger partial charge in [-0.15, -0.1) is 0 Å². The van der Waals surface area contributed by atoms with Gasteiger partial charge in [0.1, 0.15) is 37.2 Å². The first kappa shape index (κ1) is 31.9. The summed E-state index contributed by atoms with van der Waals surface area (Å²) in [5, 5.41) is 15.8. The van der Waals surface area contributed by atoms with Crippen molar-refractivity contribution < 1.29 is 33.5 Å². The summed E-state index contributed by atoms with van der Waals surface area (Å²) in [5.41, 5.74) is 2.24. The quantitative estimate of drug-likeness (QED) is 0.175. The van der Waals surface area contributed by atoms with Crippen molar-refractivity contribution in [3.05, 3.63) is 45.9 Å². The number of phenolic OH excluding ortho intramolecular Hbond substituents is 1. The van der Waals surface area contributed by atoms with Crippen molar-refractivity contribution in [2.45, 2.75) is 65.7 Å². The van der Waals surface area contributed by atoms with Crippen LogP contribution in [0.5, 0.6) is 17.2 Å². The summed E-state index contributed by atoms with van der Waals surface area (Å²) in [7, 11) is -1.68. The van der Waals surface area contributed by atoms with E-state index < -0.39 is 31.5 Å². The fourth-order valence-electron chi connectivity index (χ4n) is 3.85. The van der Waals surface area contributed by atoms with Gasteiger partial charge in [0.25, 0.3) is 0 Å². The Morgan fingerprint density at radius 2 is 1.55 bits per heavy atom. The van der Waals surface area contributed by atoms with Crippen LogP contribution >= 0.6 is 23.4 Å². The largest absolute Gasteiger partial charge is 0.508 e. The Morgan fingerprint density at radius 1 is 1.00 bits per heavy atom. The number of carbonyl (C=O) groups excluding carboxylic acids is 2. The smallest absolute Gasteiger partial charge is 0.323 e. The topological polar surface area (TPSA) is 123 Å². The number of nitrogens with one attached hydrogen (secondary N) is 2. The van der Waals surface area contributed by atoms with Crippen LogP contribution in [-0.2, 0) is 29.8 Å². The Morgan fingerprint density at radius 3 is 2.03 bits per heavy atom. The van der Waals surface area contributed by atoms with E-state index in [0.717, 1.165) is 11.0 Å². The molecule has 0 saturated heterocycles. The molecular weight excluding hydrogens is 574 g/mol. The van der Waals surface area contributed by atoms with Gasteiger partial charge in [-0.05, 0) is 84.8 Å². The number of carbonyl (C=O) groups is 2. The molecule has 208 valence electrons. The minimum Gasteiger partial charge on any atom is -0.508 e. The van der Waals surface area contributed by atoms with Gasteiger partial charge < -0.3 is 19.3 Å². The zero-order valence-corrected chi connectivity index (χ0v) is 25.4. The second-order valence-electron chi connectivity index (χ2n) is 9.30. The highest BCUT2D eigenvalue weighted by molar-refractivity contribution is 9.10. The molecule has 0 fully saturated rings. The molecule has 38 heavy (non-hydrogen) atoms. The predicted molar refractivity (Wildman–Crippen MR) is 154 cm³/mol. The van der Waals surface area contributed by atoms with E-state index >= 15 is 0 Å². The van der Waals surface area contributed by atoms with Gasteiger partial charge in [0.15, 0.2) is 0 Å². The molecule has 2 rings (SSSR count). The van der Waals surface area contributed by atoms with Crippen molar-refractivity contribution in [1.82, 2.24) is 10.2 Å². The average Bonchev–Trinajstić information content (AvgIpc) is 2.82. The number of benzene rings is 2. The zero-order chi connectivity index (χ0) is 28.6. The number of esters is 2. The van der Waals surface area contributed by atoms with Crippen molar-refractivity contribution in [2.24, 2.45) is 0 Å². The minimum atomic E-state index is -3.54. The van der Waals surface area contributed by atoms with Crippen LogP contribution in [0.2, 0.25) is 0 Å². The van der Waals surface area contributed by atoms with Crippen molar-refractivity contribution in [3.8, 4) is 17.2 Å². The Labute approximate surface area is 234 Å². The molecule has 9 nitrogen and oxygen atoms in total. The third kappa shape index (κ3) is 8.87. The number of ether oxygens (including phenoxy) is 3. The van der Waals surface area contributed by atoms with Gasteiger partial charge in [-0.25, -0.2) is 10.2 Å². The summed E-state index contributed by atoms with van der Waals surface area (Å²) in [6.45, 7) is 10.9. The highest BCUT2D eigenvalue weighted by atomic mass is 79.9. The number of phenols is 1. The Balaban J connectivity index is 2.35. The lowest BCUT2D eigenvalue weighted by atomic mass is 9.93. The molecule has 0 radical (unpaired) electrons. The van der Waals surface area contributed by atoms with Crippen LogP contribution in [0.4, 0.5) is 0 Å². The molecule has 0 aliphatic rings. The summed E-state index contributed by atoms with van der Waals surface area (Å²) in [5.74, 6) is 0.383. The summed E-state index contributed by atoms with van der Waals surface area (Å²) in [6.07, 6.45) is -0.00306. The van der Waals surface area contributed by atoms with Crippen LogP contribution in [0.25, 0.3) is 0 Å². The Kier molecular flexibility index (Phi) is 11.9. The second kappa shape index (κ2) is 14.2.